The van der Waals surface area contributed by atoms with Gasteiger partial charge in [0, 0.05) is 23.9 Å². The zero-order valence-corrected chi connectivity index (χ0v) is 8.22. The van der Waals surface area contributed by atoms with E-state index in [4.69, 9.17) is 5.11 Å². The van der Waals surface area contributed by atoms with Crippen molar-refractivity contribution in [1.29, 1.82) is 0 Å². The summed E-state index contributed by atoms with van der Waals surface area (Å²) in [5.41, 5.74) is 0.654. The summed E-state index contributed by atoms with van der Waals surface area (Å²) in [6, 6.07) is 4.49. The first-order valence-corrected chi connectivity index (χ1v) is 4.62. The number of benzene rings is 1. The SMILES string of the molecule is O=C(O)/C=C/c1ccc(F)c2cnccc12. The zero-order chi connectivity index (χ0) is 11.5. The molecule has 4 heteroatoms. The molecule has 0 unspecified atom stereocenters. The van der Waals surface area contributed by atoms with Crippen LogP contribution in [0.4, 0.5) is 4.39 Å². The van der Waals surface area contributed by atoms with Gasteiger partial charge < -0.3 is 5.11 Å². The molecule has 0 fully saturated rings. The summed E-state index contributed by atoms with van der Waals surface area (Å²) < 4.78 is 13.4. The number of hydrogen-bond acceptors (Lipinski definition) is 2. The Morgan fingerprint density at radius 3 is 2.88 bits per heavy atom. The van der Waals surface area contributed by atoms with Crippen LogP contribution in [0, 0.1) is 5.82 Å². The minimum absolute atomic E-state index is 0.365. The molecule has 0 atom stereocenters. The first-order chi connectivity index (χ1) is 7.68. The minimum atomic E-state index is -1.04. The molecule has 0 spiro atoms. The van der Waals surface area contributed by atoms with Crippen molar-refractivity contribution in [1.82, 2.24) is 4.98 Å². The number of fused-ring (bicyclic) bond motifs is 1. The number of pyridine rings is 1. The number of aromatic nitrogens is 1. The number of rotatable bonds is 2. The summed E-state index contributed by atoms with van der Waals surface area (Å²) in [5, 5.41) is 9.56. The Hall–Kier alpha value is -2.23. The van der Waals surface area contributed by atoms with Crippen molar-refractivity contribution >= 4 is 22.8 Å². The highest BCUT2D eigenvalue weighted by atomic mass is 19.1. The number of aliphatic carboxylic acids is 1. The third kappa shape index (κ3) is 1.91. The molecule has 1 aromatic heterocycles. The lowest BCUT2D eigenvalue weighted by molar-refractivity contribution is -0.131. The second-order valence-corrected chi connectivity index (χ2v) is 3.23. The lowest BCUT2D eigenvalue weighted by atomic mass is 10.1. The van der Waals surface area contributed by atoms with Crippen LogP contribution in [0.3, 0.4) is 0 Å². The highest BCUT2D eigenvalue weighted by Crippen LogP contribution is 2.21. The van der Waals surface area contributed by atoms with Gasteiger partial charge in [0.2, 0.25) is 0 Å². The molecular weight excluding hydrogens is 209 g/mol. The molecule has 0 aliphatic heterocycles. The summed E-state index contributed by atoms with van der Waals surface area (Å²) in [6.07, 6.45) is 5.42. The van der Waals surface area contributed by atoms with E-state index in [1.54, 1.807) is 12.3 Å². The normalized spacial score (nSPS) is 11.1. The van der Waals surface area contributed by atoms with E-state index in [0.29, 0.717) is 16.3 Å². The quantitative estimate of drug-likeness (QED) is 0.786. The number of carboxylic acid groups (broad SMARTS) is 1. The van der Waals surface area contributed by atoms with Crippen LogP contribution in [0.5, 0.6) is 0 Å². The largest absolute Gasteiger partial charge is 0.478 e. The van der Waals surface area contributed by atoms with Gasteiger partial charge in [0.1, 0.15) is 5.82 Å². The van der Waals surface area contributed by atoms with E-state index < -0.39 is 5.97 Å². The Labute approximate surface area is 90.9 Å². The van der Waals surface area contributed by atoms with E-state index >= 15 is 0 Å². The standard InChI is InChI=1S/C12H8FNO2/c13-11-3-1-8(2-4-12(15)16)9-5-6-14-7-10(9)11/h1-7H,(H,15,16)/b4-2+. The van der Waals surface area contributed by atoms with Crippen molar-refractivity contribution in [2.24, 2.45) is 0 Å². The molecule has 2 aromatic rings. The van der Waals surface area contributed by atoms with Gasteiger partial charge >= 0.3 is 5.97 Å². The first kappa shape index (κ1) is 10.3. The Balaban J connectivity index is 2.63. The van der Waals surface area contributed by atoms with Crippen molar-refractivity contribution in [3.63, 3.8) is 0 Å². The van der Waals surface area contributed by atoms with E-state index in [2.05, 4.69) is 4.98 Å². The van der Waals surface area contributed by atoms with Gasteiger partial charge in [-0.15, -0.1) is 0 Å². The number of hydrogen-bond donors (Lipinski definition) is 1. The summed E-state index contributed by atoms with van der Waals surface area (Å²) in [4.78, 5) is 14.2. The van der Waals surface area contributed by atoms with Gasteiger partial charge in [-0.05, 0) is 29.2 Å². The highest BCUT2D eigenvalue weighted by Gasteiger charge is 2.03. The van der Waals surface area contributed by atoms with Crippen LogP contribution in [0.1, 0.15) is 5.56 Å². The van der Waals surface area contributed by atoms with Gasteiger partial charge in [0.15, 0.2) is 0 Å². The minimum Gasteiger partial charge on any atom is -0.478 e. The molecule has 0 aliphatic carbocycles. The predicted molar refractivity (Wildman–Crippen MR) is 58.4 cm³/mol. The molecule has 1 N–H and O–H groups in total. The van der Waals surface area contributed by atoms with Crippen molar-refractivity contribution in [2.75, 3.05) is 0 Å². The van der Waals surface area contributed by atoms with Gasteiger partial charge in [-0.25, -0.2) is 9.18 Å². The number of carbonyl (C=O) groups is 1. The van der Waals surface area contributed by atoms with E-state index in [1.807, 2.05) is 0 Å². The number of carboxylic acids is 1. The average molecular weight is 217 g/mol. The summed E-state index contributed by atoms with van der Waals surface area (Å²) >= 11 is 0. The van der Waals surface area contributed by atoms with Crippen LogP contribution in [0.2, 0.25) is 0 Å². The maximum atomic E-state index is 13.4. The van der Waals surface area contributed by atoms with E-state index in [9.17, 15) is 9.18 Å². The van der Waals surface area contributed by atoms with Gasteiger partial charge in [0.25, 0.3) is 0 Å². The second-order valence-electron chi connectivity index (χ2n) is 3.23. The molecule has 0 bridgehead atoms. The molecule has 0 aliphatic rings. The van der Waals surface area contributed by atoms with Crippen LogP contribution in [0.15, 0.2) is 36.7 Å². The zero-order valence-electron chi connectivity index (χ0n) is 8.22. The van der Waals surface area contributed by atoms with Crippen molar-refractivity contribution in [2.45, 2.75) is 0 Å². The Kier molecular flexibility index (Phi) is 2.64. The third-order valence-electron chi connectivity index (χ3n) is 2.20. The summed E-state index contributed by atoms with van der Waals surface area (Å²) in [6.45, 7) is 0. The van der Waals surface area contributed by atoms with Gasteiger partial charge in [0.05, 0.1) is 0 Å². The Morgan fingerprint density at radius 1 is 1.31 bits per heavy atom. The Morgan fingerprint density at radius 2 is 2.12 bits per heavy atom. The van der Waals surface area contributed by atoms with Crippen LogP contribution >= 0.6 is 0 Å². The predicted octanol–water partition coefficient (Wildman–Crippen LogP) is 2.47. The monoisotopic (exact) mass is 217 g/mol. The van der Waals surface area contributed by atoms with Gasteiger partial charge in [-0.1, -0.05) is 6.07 Å². The topological polar surface area (TPSA) is 50.2 Å². The second kappa shape index (κ2) is 4.10. The third-order valence-corrected chi connectivity index (χ3v) is 2.20. The Bertz CT molecular complexity index is 578. The molecule has 0 radical (unpaired) electrons. The fourth-order valence-corrected chi connectivity index (χ4v) is 1.49. The van der Waals surface area contributed by atoms with E-state index in [0.717, 1.165) is 6.08 Å². The van der Waals surface area contributed by atoms with E-state index in [1.165, 1.54) is 24.4 Å². The average Bonchev–Trinajstić information content (AvgIpc) is 2.28. The molecule has 2 rings (SSSR count). The molecular formula is C12H8FNO2. The molecule has 0 saturated heterocycles. The maximum Gasteiger partial charge on any atom is 0.328 e. The fourth-order valence-electron chi connectivity index (χ4n) is 1.49. The smallest absolute Gasteiger partial charge is 0.328 e. The summed E-state index contributed by atoms with van der Waals surface area (Å²) in [7, 11) is 0. The molecule has 16 heavy (non-hydrogen) atoms. The van der Waals surface area contributed by atoms with Gasteiger partial charge in [-0.2, -0.15) is 0 Å². The fraction of sp³-hybridized carbons (Fsp3) is 0. The molecule has 1 aromatic carbocycles. The first-order valence-electron chi connectivity index (χ1n) is 4.62. The van der Waals surface area contributed by atoms with Crippen LogP contribution < -0.4 is 0 Å². The van der Waals surface area contributed by atoms with Crippen LogP contribution in [-0.4, -0.2) is 16.1 Å². The molecule has 3 nitrogen and oxygen atoms in total. The molecule has 1 heterocycles. The molecule has 0 amide bonds. The van der Waals surface area contributed by atoms with Crippen molar-refractivity contribution in [3.8, 4) is 0 Å². The van der Waals surface area contributed by atoms with Crippen molar-refractivity contribution < 1.29 is 14.3 Å². The van der Waals surface area contributed by atoms with Crippen molar-refractivity contribution in [3.05, 3.63) is 48.0 Å². The van der Waals surface area contributed by atoms with E-state index in [-0.39, 0.29) is 5.82 Å². The lowest BCUT2D eigenvalue weighted by Gasteiger charge is -2.02. The highest BCUT2D eigenvalue weighted by molar-refractivity contribution is 5.94. The molecule has 0 saturated carbocycles. The number of nitrogens with zero attached hydrogens (tertiary/aromatic N) is 1. The maximum absolute atomic E-state index is 13.4. The summed E-state index contributed by atoms with van der Waals surface area (Å²) in [5.74, 6) is -1.40. The lowest BCUT2D eigenvalue weighted by Crippen LogP contribution is -1.88. The molecule has 80 valence electrons. The van der Waals surface area contributed by atoms with Crippen LogP contribution in [-0.2, 0) is 4.79 Å². The van der Waals surface area contributed by atoms with Crippen LogP contribution in [0.25, 0.3) is 16.8 Å². The number of halogens is 1. The van der Waals surface area contributed by atoms with Gasteiger partial charge in [-0.3, -0.25) is 4.98 Å².